The van der Waals surface area contributed by atoms with Crippen LogP contribution in [0.1, 0.15) is 15.9 Å². The average Bonchev–Trinajstić information content (AvgIpc) is 2.46. The number of rotatable bonds is 5. The molecule has 0 heterocycles. The predicted octanol–water partition coefficient (Wildman–Crippen LogP) is 4.53. The second-order valence-corrected chi connectivity index (χ2v) is 5.54. The van der Waals surface area contributed by atoms with Crippen molar-refractivity contribution in [3.63, 3.8) is 0 Å². The summed E-state index contributed by atoms with van der Waals surface area (Å²) in [5.41, 5.74) is 0.248. The molecule has 0 aliphatic rings. The average molecular weight is 390 g/mol. The molecule has 0 unspecified atom stereocenters. The zero-order valence-corrected chi connectivity index (χ0v) is 13.7. The fourth-order valence-electron chi connectivity index (χ4n) is 1.79. The molecule has 1 N–H and O–H groups in total. The minimum atomic E-state index is -1.10. The van der Waals surface area contributed by atoms with Gasteiger partial charge in [-0.3, -0.25) is 0 Å². The zero-order chi connectivity index (χ0) is 16.3. The first kappa shape index (κ1) is 16.6. The van der Waals surface area contributed by atoms with Crippen LogP contribution in [0.5, 0.6) is 11.5 Å². The van der Waals surface area contributed by atoms with E-state index >= 15 is 0 Å². The van der Waals surface area contributed by atoms with Crippen molar-refractivity contribution in [2.45, 2.75) is 6.61 Å². The number of benzene rings is 2. The summed E-state index contributed by atoms with van der Waals surface area (Å²) in [5, 5.41) is 9.31. The van der Waals surface area contributed by atoms with Crippen LogP contribution in [0.4, 0.5) is 4.39 Å². The Bertz CT molecular complexity index is 701. The van der Waals surface area contributed by atoms with Gasteiger partial charge in [-0.05, 0) is 40.2 Å². The first-order valence-corrected chi connectivity index (χ1v) is 7.27. The van der Waals surface area contributed by atoms with Crippen molar-refractivity contribution in [1.29, 1.82) is 0 Å². The number of carboxylic acids is 1. The number of carboxylic acid groups (broad SMARTS) is 1. The van der Waals surface area contributed by atoms with Gasteiger partial charge in [0.2, 0.25) is 0 Å². The summed E-state index contributed by atoms with van der Waals surface area (Å²) in [6.07, 6.45) is 0. The third kappa shape index (κ3) is 3.51. The van der Waals surface area contributed by atoms with Crippen molar-refractivity contribution in [2.24, 2.45) is 0 Å². The summed E-state index contributed by atoms with van der Waals surface area (Å²) < 4.78 is 24.7. The van der Waals surface area contributed by atoms with Gasteiger partial charge in [0.25, 0.3) is 0 Å². The fourth-order valence-corrected chi connectivity index (χ4v) is 2.50. The minimum Gasteiger partial charge on any atom is -0.493 e. The Morgan fingerprint density at radius 3 is 2.68 bits per heavy atom. The molecule has 2 aromatic carbocycles. The van der Waals surface area contributed by atoms with Crippen LogP contribution < -0.4 is 9.47 Å². The van der Waals surface area contributed by atoms with E-state index in [0.29, 0.717) is 4.47 Å². The van der Waals surface area contributed by atoms with E-state index in [1.165, 1.54) is 31.4 Å². The molecule has 0 aliphatic heterocycles. The van der Waals surface area contributed by atoms with Gasteiger partial charge >= 0.3 is 5.97 Å². The highest BCUT2D eigenvalue weighted by atomic mass is 79.9. The third-order valence-electron chi connectivity index (χ3n) is 2.92. The van der Waals surface area contributed by atoms with Crippen LogP contribution in [0.3, 0.4) is 0 Å². The van der Waals surface area contributed by atoms with Gasteiger partial charge in [-0.15, -0.1) is 0 Å². The van der Waals surface area contributed by atoms with E-state index in [1.807, 2.05) is 0 Å². The van der Waals surface area contributed by atoms with Gasteiger partial charge in [0, 0.05) is 10.0 Å². The van der Waals surface area contributed by atoms with E-state index in [1.54, 1.807) is 6.07 Å². The van der Waals surface area contributed by atoms with Crippen LogP contribution in [-0.4, -0.2) is 18.2 Å². The Labute approximate surface area is 139 Å². The summed E-state index contributed by atoms with van der Waals surface area (Å²) in [4.78, 5) is 11.1. The topological polar surface area (TPSA) is 55.8 Å². The summed E-state index contributed by atoms with van der Waals surface area (Å²) in [5.74, 6) is -1.08. The van der Waals surface area contributed by atoms with Crippen molar-refractivity contribution in [1.82, 2.24) is 0 Å². The molecule has 0 saturated carbocycles. The van der Waals surface area contributed by atoms with Gasteiger partial charge in [-0.1, -0.05) is 17.7 Å². The smallest absolute Gasteiger partial charge is 0.336 e. The number of carbonyl (C=O) groups is 1. The summed E-state index contributed by atoms with van der Waals surface area (Å²) in [6.45, 7) is -0.110. The lowest BCUT2D eigenvalue weighted by Gasteiger charge is -2.13. The van der Waals surface area contributed by atoms with Crippen molar-refractivity contribution in [3.05, 3.63) is 56.8 Å². The van der Waals surface area contributed by atoms with E-state index in [4.69, 9.17) is 26.2 Å². The third-order valence-corrected chi connectivity index (χ3v) is 3.93. The van der Waals surface area contributed by atoms with Gasteiger partial charge in [-0.25, -0.2) is 9.18 Å². The van der Waals surface area contributed by atoms with Crippen LogP contribution in [0.25, 0.3) is 0 Å². The standard InChI is InChI=1S/C15H11BrClFO4/c1-21-13-5-8(15(19)20)10(16)6-14(13)22-7-9-11(17)3-2-4-12(9)18/h2-6H,7H2,1H3,(H,19,20). The van der Waals surface area contributed by atoms with Crippen LogP contribution in [0.2, 0.25) is 5.02 Å². The Morgan fingerprint density at radius 1 is 1.36 bits per heavy atom. The highest BCUT2D eigenvalue weighted by Crippen LogP contribution is 2.34. The molecule has 0 radical (unpaired) electrons. The fraction of sp³-hybridized carbons (Fsp3) is 0.133. The molecule has 0 spiro atoms. The molecule has 0 bridgehead atoms. The first-order valence-electron chi connectivity index (χ1n) is 6.10. The van der Waals surface area contributed by atoms with Crippen molar-refractivity contribution in [3.8, 4) is 11.5 Å². The largest absolute Gasteiger partial charge is 0.493 e. The molecule has 116 valence electrons. The van der Waals surface area contributed by atoms with Gasteiger partial charge in [0.15, 0.2) is 11.5 Å². The highest BCUT2D eigenvalue weighted by molar-refractivity contribution is 9.10. The second kappa shape index (κ2) is 6.98. The molecule has 0 amide bonds. The SMILES string of the molecule is COc1cc(C(=O)O)c(Br)cc1OCc1c(F)cccc1Cl. The van der Waals surface area contributed by atoms with Gasteiger partial charge in [0.1, 0.15) is 12.4 Å². The Balaban J connectivity index is 2.30. The Morgan fingerprint density at radius 2 is 2.09 bits per heavy atom. The lowest BCUT2D eigenvalue weighted by atomic mass is 10.2. The van der Waals surface area contributed by atoms with E-state index in [0.717, 1.165) is 0 Å². The van der Waals surface area contributed by atoms with E-state index < -0.39 is 11.8 Å². The second-order valence-electron chi connectivity index (χ2n) is 4.28. The van der Waals surface area contributed by atoms with Crippen molar-refractivity contribution >= 4 is 33.5 Å². The molecule has 4 nitrogen and oxygen atoms in total. The number of hydrogen-bond acceptors (Lipinski definition) is 3. The minimum absolute atomic E-state index is 0.0353. The molecule has 0 atom stereocenters. The number of aromatic carboxylic acids is 1. The van der Waals surface area contributed by atoms with Gasteiger partial charge in [0.05, 0.1) is 17.7 Å². The van der Waals surface area contributed by atoms with E-state index in [9.17, 15) is 9.18 Å². The molecule has 2 aromatic rings. The monoisotopic (exact) mass is 388 g/mol. The summed E-state index contributed by atoms with van der Waals surface area (Å²) in [6, 6.07) is 7.12. The molecule has 0 saturated heterocycles. The predicted molar refractivity (Wildman–Crippen MR) is 83.4 cm³/mol. The maximum Gasteiger partial charge on any atom is 0.336 e. The lowest BCUT2D eigenvalue weighted by molar-refractivity contribution is 0.0695. The molecule has 0 aliphatic carbocycles. The van der Waals surface area contributed by atoms with E-state index in [2.05, 4.69) is 15.9 Å². The van der Waals surface area contributed by atoms with Crippen molar-refractivity contribution in [2.75, 3.05) is 7.11 Å². The summed E-state index contributed by atoms with van der Waals surface area (Å²) >= 11 is 9.08. The van der Waals surface area contributed by atoms with Crippen molar-refractivity contribution < 1.29 is 23.8 Å². The van der Waals surface area contributed by atoms with Crippen LogP contribution in [-0.2, 0) is 6.61 Å². The molecule has 0 aromatic heterocycles. The maximum absolute atomic E-state index is 13.7. The summed E-state index contributed by atoms with van der Waals surface area (Å²) in [7, 11) is 1.39. The molecule has 2 rings (SSSR count). The lowest BCUT2D eigenvalue weighted by Crippen LogP contribution is -2.03. The number of methoxy groups -OCH3 is 1. The Hall–Kier alpha value is -1.79. The first-order chi connectivity index (χ1) is 10.4. The molecular formula is C15H11BrClFO4. The molecule has 22 heavy (non-hydrogen) atoms. The molecule has 0 fully saturated rings. The molecule has 7 heteroatoms. The van der Waals surface area contributed by atoms with E-state index in [-0.39, 0.29) is 34.3 Å². The van der Waals surface area contributed by atoms with Crippen LogP contribution in [0.15, 0.2) is 34.8 Å². The number of hydrogen-bond donors (Lipinski definition) is 1. The van der Waals surface area contributed by atoms with Crippen LogP contribution in [0, 0.1) is 5.82 Å². The van der Waals surface area contributed by atoms with Gasteiger partial charge in [-0.2, -0.15) is 0 Å². The number of ether oxygens (including phenoxy) is 2. The number of halogens is 3. The quantitative estimate of drug-likeness (QED) is 0.816. The zero-order valence-electron chi connectivity index (χ0n) is 11.4. The Kier molecular flexibility index (Phi) is 5.26. The maximum atomic E-state index is 13.7. The highest BCUT2D eigenvalue weighted by Gasteiger charge is 2.16. The van der Waals surface area contributed by atoms with Crippen LogP contribution >= 0.6 is 27.5 Å². The van der Waals surface area contributed by atoms with Gasteiger partial charge < -0.3 is 14.6 Å². The normalized spacial score (nSPS) is 10.4. The molecular weight excluding hydrogens is 379 g/mol.